The summed E-state index contributed by atoms with van der Waals surface area (Å²) in [6.07, 6.45) is 3.85. The summed E-state index contributed by atoms with van der Waals surface area (Å²) in [5.74, 6) is -0.252. The fraction of sp³-hybridized carbons (Fsp3) is 0.700. The van der Waals surface area contributed by atoms with Gasteiger partial charge in [-0.2, -0.15) is 0 Å². The number of esters is 1. The zero-order chi connectivity index (χ0) is 10.5. The van der Waals surface area contributed by atoms with Crippen LogP contribution in [0.3, 0.4) is 0 Å². The molecule has 0 saturated heterocycles. The smallest absolute Gasteiger partial charge is 0.308 e. The first kappa shape index (κ1) is 12.2. The maximum Gasteiger partial charge on any atom is 0.308 e. The molecule has 76 valence electrons. The number of carbonyl (C=O) groups is 1. The largest absolute Gasteiger partial charge is 0.460 e. The van der Waals surface area contributed by atoms with Crippen LogP contribution >= 0.6 is 0 Å². The monoisotopic (exact) mass is 185 g/mol. The van der Waals surface area contributed by atoms with Gasteiger partial charge in [0, 0.05) is 6.04 Å². The van der Waals surface area contributed by atoms with Gasteiger partial charge in [-0.25, -0.2) is 0 Å². The summed E-state index contributed by atoms with van der Waals surface area (Å²) < 4.78 is 5.10. The highest BCUT2D eigenvalue weighted by molar-refractivity contribution is 5.70. The topological polar surface area (TPSA) is 52.3 Å². The molecule has 0 unspecified atom stereocenters. The Morgan fingerprint density at radius 3 is 2.46 bits per heavy atom. The average Bonchev–Trinajstić information content (AvgIpc) is 1.81. The number of ether oxygens (including phenoxy) is 1. The fourth-order valence-corrected chi connectivity index (χ4v) is 0.891. The van der Waals surface area contributed by atoms with E-state index in [0.717, 1.165) is 0 Å². The molecule has 0 spiro atoms. The lowest BCUT2D eigenvalue weighted by Crippen LogP contribution is -2.28. The second-order valence-electron chi connectivity index (χ2n) is 3.98. The maximum atomic E-state index is 11.2. The van der Waals surface area contributed by atoms with Crippen LogP contribution in [0.5, 0.6) is 0 Å². The third-order valence-corrected chi connectivity index (χ3v) is 1.26. The Kier molecular flexibility index (Phi) is 4.70. The summed E-state index contributed by atoms with van der Waals surface area (Å²) in [7, 11) is 0. The van der Waals surface area contributed by atoms with E-state index in [1.165, 1.54) is 0 Å². The standard InChI is InChI=1S/C10H19NO2/c1-5-6-8(11)7-9(12)13-10(2,3)4/h5-6,8H,7,11H2,1-4H3/b6-5+/t8-/m0/s1. The molecule has 13 heavy (non-hydrogen) atoms. The lowest BCUT2D eigenvalue weighted by molar-refractivity contribution is -0.154. The van der Waals surface area contributed by atoms with Gasteiger partial charge in [-0.1, -0.05) is 12.2 Å². The molecule has 0 aliphatic heterocycles. The Balaban J connectivity index is 3.88. The van der Waals surface area contributed by atoms with Gasteiger partial charge in [0.25, 0.3) is 0 Å². The van der Waals surface area contributed by atoms with Crippen LogP contribution in [-0.4, -0.2) is 17.6 Å². The van der Waals surface area contributed by atoms with Crippen LogP contribution in [0.15, 0.2) is 12.2 Å². The van der Waals surface area contributed by atoms with Gasteiger partial charge in [-0.05, 0) is 27.7 Å². The van der Waals surface area contributed by atoms with Crippen LogP contribution < -0.4 is 5.73 Å². The molecule has 3 nitrogen and oxygen atoms in total. The molecular weight excluding hydrogens is 166 g/mol. The fourth-order valence-electron chi connectivity index (χ4n) is 0.891. The molecule has 0 aromatic carbocycles. The van der Waals surface area contributed by atoms with Gasteiger partial charge in [-0.3, -0.25) is 4.79 Å². The van der Waals surface area contributed by atoms with Crippen LogP contribution in [0.2, 0.25) is 0 Å². The van der Waals surface area contributed by atoms with E-state index in [2.05, 4.69) is 0 Å². The van der Waals surface area contributed by atoms with Crippen LogP contribution in [0.25, 0.3) is 0 Å². The highest BCUT2D eigenvalue weighted by atomic mass is 16.6. The van der Waals surface area contributed by atoms with E-state index in [1.807, 2.05) is 33.8 Å². The molecule has 0 fully saturated rings. The van der Waals surface area contributed by atoms with Crippen molar-refractivity contribution in [2.75, 3.05) is 0 Å². The first-order valence-corrected chi connectivity index (χ1v) is 4.45. The number of hydrogen-bond donors (Lipinski definition) is 1. The van der Waals surface area contributed by atoms with Crippen LogP contribution in [0, 0.1) is 0 Å². The SMILES string of the molecule is C/C=C/[C@H](N)CC(=O)OC(C)(C)C. The number of allylic oxidation sites excluding steroid dienone is 1. The quantitative estimate of drug-likeness (QED) is 0.537. The summed E-state index contributed by atoms with van der Waals surface area (Å²) in [6.45, 7) is 7.39. The first-order valence-electron chi connectivity index (χ1n) is 4.45. The molecule has 2 N–H and O–H groups in total. The van der Waals surface area contributed by atoms with Crippen molar-refractivity contribution in [3.8, 4) is 0 Å². The molecule has 0 aliphatic rings. The van der Waals surface area contributed by atoms with Crippen LogP contribution in [-0.2, 0) is 9.53 Å². The summed E-state index contributed by atoms with van der Waals surface area (Å²) in [5, 5.41) is 0. The molecular formula is C10H19NO2. The highest BCUT2D eigenvalue weighted by Crippen LogP contribution is 2.08. The third-order valence-electron chi connectivity index (χ3n) is 1.26. The third kappa shape index (κ3) is 7.53. The van der Waals surface area contributed by atoms with Crippen molar-refractivity contribution in [1.29, 1.82) is 0 Å². The van der Waals surface area contributed by atoms with Gasteiger partial charge in [0.15, 0.2) is 0 Å². The van der Waals surface area contributed by atoms with Gasteiger partial charge >= 0.3 is 5.97 Å². The number of hydrogen-bond acceptors (Lipinski definition) is 3. The van der Waals surface area contributed by atoms with Crippen LogP contribution in [0.4, 0.5) is 0 Å². The lowest BCUT2D eigenvalue weighted by atomic mass is 10.1. The van der Waals surface area contributed by atoms with Crippen molar-refractivity contribution >= 4 is 5.97 Å². The normalized spacial score (nSPS) is 14.5. The van der Waals surface area contributed by atoms with Crippen molar-refractivity contribution in [2.45, 2.75) is 45.8 Å². The van der Waals surface area contributed by atoms with E-state index in [1.54, 1.807) is 6.08 Å². The van der Waals surface area contributed by atoms with Crippen molar-refractivity contribution in [3.63, 3.8) is 0 Å². The van der Waals surface area contributed by atoms with E-state index in [9.17, 15) is 4.79 Å². The Bertz CT molecular complexity index is 192. The van der Waals surface area contributed by atoms with Crippen molar-refractivity contribution in [1.82, 2.24) is 0 Å². The molecule has 0 aromatic rings. The van der Waals surface area contributed by atoms with E-state index < -0.39 is 5.60 Å². The minimum absolute atomic E-state index is 0.236. The Hall–Kier alpha value is -0.830. The number of rotatable bonds is 3. The molecule has 1 atom stereocenters. The minimum atomic E-state index is -0.424. The zero-order valence-corrected chi connectivity index (χ0v) is 8.83. The van der Waals surface area contributed by atoms with Crippen molar-refractivity contribution in [3.05, 3.63) is 12.2 Å². The summed E-state index contributed by atoms with van der Waals surface area (Å²) in [4.78, 5) is 11.2. The van der Waals surface area contributed by atoms with Gasteiger partial charge in [0.05, 0.1) is 6.42 Å². The molecule has 0 aromatic heterocycles. The van der Waals surface area contributed by atoms with Gasteiger partial charge in [0.2, 0.25) is 0 Å². The molecule has 0 amide bonds. The maximum absolute atomic E-state index is 11.2. The van der Waals surface area contributed by atoms with E-state index >= 15 is 0 Å². The molecule has 0 bridgehead atoms. The molecule has 0 aliphatic carbocycles. The van der Waals surface area contributed by atoms with Gasteiger partial charge < -0.3 is 10.5 Å². The number of nitrogens with two attached hydrogens (primary N) is 1. The second-order valence-corrected chi connectivity index (χ2v) is 3.98. The molecule has 0 radical (unpaired) electrons. The Morgan fingerprint density at radius 2 is 2.08 bits per heavy atom. The van der Waals surface area contributed by atoms with Gasteiger partial charge in [0.1, 0.15) is 5.60 Å². The molecule has 0 heterocycles. The van der Waals surface area contributed by atoms with E-state index in [-0.39, 0.29) is 18.4 Å². The summed E-state index contributed by atoms with van der Waals surface area (Å²) in [6, 6.07) is -0.236. The Labute approximate surface area is 79.9 Å². The molecule has 3 heteroatoms. The lowest BCUT2D eigenvalue weighted by Gasteiger charge is -2.20. The van der Waals surface area contributed by atoms with E-state index in [0.29, 0.717) is 0 Å². The van der Waals surface area contributed by atoms with Crippen molar-refractivity contribution in [2.24, 2.45) is 5.73 Å². The first-order chi connectivity index (χ1) is 5.85. The Morgan fingerprint density at radius 1 is 1.54 bits per heavy atom. The average molecular weight is 185 g/mol. The van der Waals surface area contributed by atoms with Crippen LogP contribution in [0.1, 0.15) is 34.1 Å². The molecule has 0 saturated carbocycles. The highest BCUT2D eigenvalue weighted by Gasteiger charge is 2.17. The second kappa shape index (κ2) is 5.02. The zero-order valence-electron chi connectivity index (χ0n) is 8.83. The summed E-state index contributed by atoms with van der Waals surface area (Å²) >= 11 is 0. The number of carbonyl (C=O) groups excluding carboxylic acids is 1. The predicted molar refractivity (Wildman–Crippen MR) is 53.3 cm³/mol. The van der Waals surface area contributed by atoms with Crippen molar-refractivity contribution < 1.29 is 9.53 Å². The van der Waals surface area contributed by atoms with Gasteiger partial charge in [-0.15, -0.1) is 0 Å². The minimum Gasteiger partial charge on any atom is -0.460 e. The summed E-state index contributed by atoms with van der Waals surface area (Å²) in [5.41, 5.74) is 5.19. The van der Waals surface area contributed by atoms with E-state index in [4.69, 9.17) is 10.5 Å². The predicted octanol–water partition coefficient (Wildman–Crippen LogP) is 1.62. The molecule has 0 rings (SSSR count).